The van der Waals surface area contributed by atoms with E-state index in [1.807, 2.05) is 30.3 Å². The minimum Gasteiger partial charge on any atom is -0.441 e. The van der Waals surface area contributed by atoms with Gasteiger partial charge in [0.25, 0.3) is 0 Å². The number of aryl methyl sites for hydroxylation is 1. The fraction of sp³-hybridized carbons (Fsp3) is 0.444. The number of hydrogen-bond acceptors (Lipinski definition) is 4. The van der Waals surface area contributed by atoms with E-state index in [1.165, 1.54) is 0 Å². The van der Waals surface area contributed by atoms with Crippen LogP contribution in [0.5, 0.6) is 0 Å². The second-order valence-corrected chi connectivity index (χ2v) is 6.04. The van der Waals surface area contributed by atoms with Gasteiger partial charge in [0.2, 0.25) is 5.91 Å². The minimum absolute atomic E-state index is 0.0602. The van der Waals surface area contributed by atoms with Crippen LogP contribution in [-0.4, -0.2) is 29.5 Å². The Kier molecular flexibility index (Phi) is 5.08. The highest BCUT2D eigenvalue weighted by Gasteiger charge is 2.22. The average Bonchev–Trinajstić information content (AvgIpc) is 3.05. The molecule has 2 aromatic rings. The number of benzene rings is 1. The second kappa shape index (κ2) is 7.42. The van der Waals surface area contributed by atoms with Gasteiger partial charge in [-0.3, -0.25) is 4.79 Å². The van der Waals surface area contributed by atoms with Gasteiger partial charge in [-0.25, -0.2) is 4.98 Å². The summed E-state index contributed by atoms with van der Waals surface area (Å²) < 4.78 is 5.73. The van der Waals surface area contributed by atoms with Crippen molar-refractivity contribution in [3.05, 3.63) is 42.4 Å². The van der Waals surface area contributed by atoms with Gasteiger partial charge in [-0.1, -0.05) is 30.3 Å². The van der Waals surface area contributed by atoms with Crippen molar-refractivity contribution in [2.75, 3.05) is 6.54 Å². The lowest BCUT2D eigenvalue weighted by Gasteiger charge is -2.30. The molecule has 0 radical (unpaired) electrons. The number of nitrogens with one attached hydrogen (secondary N) is 2. The molecule has 1 amide bonds. The first-order chi connectivity index (χ1) is 11.2. The van der Waals surface area contributed by atoms with Crippen LogP contribution in [0, 0.1) is 0 Å². The topological polar surface area (TPSA) is 67.2 Å². The molecule has 0 saturated carbocycles. The molecule has 1 fully saturated rings. The largest absolute Gasteiger partial charge is 0.441 e. The number of amides is 1. The first kappa shape index (κ1) is 15.7. The third-order valence-corrected chi connectivity index (χ3v) is 4.29. The first-order valence-corrected chi connectivity index (χ1v) is 8.25. The van der Waals surface area contributed by atoms with Crippen LogP contribution in [0.2, 0.25) is 0 Å². The molecule has 1 saturated heterocycles. The zero-order valence-corrected chi connectivity index (χ0v) is 13.4. The van der Waals surface area contributed by atoms with E-state index in [4.69, 9.17) is 4.42 Å². The summed E-state index contributed by atoms with van der Waals surface area (Å²) >= 11 is 0. The van der Waals surface area contributed by atoms with E-state index in [0.29, 0.717) is 24.8 Å². The van der Waals surface area contributed by atoms with Gasteiger partial charge in [0.05, 0.1) is 6.20 Å². The average molecular weight is 313 g/mol. The summed E-state index contributed by atoms with van der Waals surface area (Å²) in [5.74, 6) is 1.41. The number of oxazole rings is 1. The van der Waals surface area contributed by atoms with Crippen molar-refractivity contribution < 1.29 is 9.21 Å². The van der Waals surface area contributed by atoms with E-state index >= 15 is 0 Å². The Balaban J connectivity index is 1.50. The van der Waals surface area contributed by atoms with Gasteiger partial charge >= 0.3 is 0 Å². The predicted octanol–water partition coefficient (Wildman–Crippen LogP) is 2.53. The van der Waals surface area contributed by atoms with E-state index in [1.54, 1.807) is 6.20 Å². The molecule has 2 N–H and O–H groups in total. The third kappa shape index (κ3) is 4.20. The summed E-state index contributed by atoms with van der Waals surface area (Å²) in [6, 6.07) is 10.4. The molecule has 0 spiro atoms. The van der Waals surface area contributed by atoms with Crippen molar-refractivity contribution in [3.8, 4) is 11.3 Å². The molecule has 5 nitrogen and oxygen atoms in total. The van der Waals surface area contributed by atoms with Gasteiger partial charge in [-0.2, -0.15) is 0 Å². The first-order valence-electron chi connectivity index (χ1n) is 8.25. The van der Waals surface area contributed by atoms with Gasteiger partial charge in [-0.15, -0.1) is 0 Å². The van der Waals surface area contributed by atoms with Crippen molar-refractivity contribution in [2.45, 2.75) is 44.7 Å². The lowest BCUT2D eigenvalue weighted by Crippen LogP contribution is -2.51. The van der Waals surface area contributed by atoms with Crippen LogP contribution in [0.15, 0.2) is 40.9 Å². The van der Waals surface area contributed by atoms with Crippen LogP contribution in [0.1, 0.15) is 32.1 Å². The number of aromatic nitrogens is 1. The SMILES string of the molecule is CC1NCCCC1NC(=O)CCc1ncc(-c2ccccc2)o1. The smallest absolute Gasteiger partial charge is 0.220 e. The molecular weight excluding hydrogens is 290 g/mol. The van der Waals surface area contributed by atoms with Gasteiger partial charge in [0.15, 0.2) is 11.7 Å². The fourth-order valence-corrected chi connectivity index (χ4v) is 2.90. The zero-order chi connectivity index (χ0) is 16.1. The van der Waals surface area contributed by atoms with Crippen molar-refractivity contribution >= 4 is 5.91 Å². The van der Waals surface area contributed by atoms with Crippen LogP contribution in [0.25, 0.3) is 11.3 Å². The number of nitrogens with zero attached hydrogens (tertiary/aromatic N) is 1. The van der Waals surface area contributed by atoms with E-state index in [9.17, 15) is 4.79 Å². The van der Waals surface area contributed by atoms with E-state index in [0.717, 1.165) is 30.7 Å². The lowest BCUT2D eigenvalue weighted by atomic mass is 10.00. The molecule has 122 valence electrons. The number of rotatable bonds is 5. The maximum atomic E-state index is 12.1. The molecule has 23 heavy (non-hydrogen) atoms. The van der Waals surface area contributed by atoms with Crippen LogP contribution in [0.4, 0.5) is 0 Å². The maximum Gasteiger partial charge on any atom is 0.220 e. The zero-order valence-electron chi connectivity index (χ0n) is 13.4. The highest BCUT2D eigenvalue weighted by Crippen LogP contribution is 2.20. The monoisotopic (exact) mass is 313 g/mol. The Labute approximate surface area is 136 Å². The molecule has 2 heterocycles. The molecule has 0 aliphatic carbocycles. The second-order valence-electron chi connectivity index (χ2n) is 6.04. The maximum absolute atomic E-state index is 12.1. The van der Waals surface area contributed by atoms with Gasteiger partial charge in [0.1, 0.15) is 0 Å². The van der Waals surface area contributed by atoms with Crippen LogP contribution < -0.4 is 10.6 Å². The summed E-state index contributed by atoms with van der Waals surface area (Å²) in [6.07, 6.45) is 4.79. The molecule has 1 aliphatic rings. The van der Waals surface area contributed by atoms with Crippen molar-refractivity contribution in [3.63, 3.8) is 0 Å². The summed E-state index contributed by atoms with van der Waals surface area (Å²) in [7, 11) is 0. The number of carbonyl (C=O) groups excluding carboxylic acids is 1. The highest BCUT2D eigenvalue weighted by molar-refractivity contribution is 5.76. The van der Waals surface area contributed by atoms with Crippen molar-refractivity contribution in [1.82, 2.24) is 15.6 Å². The summed E-state index contributed by atoms with van der Waals surface area (Å²) in [6.45, 7) is 3.15. The Morgan fingerprint density at radius 2 is 2.22 bits per heavy atom. The van der Waals surface area contributed by atoms with E-state index < -0.39 is 0 Å². The van der Waals surface area contributed by atoms with Gasteiger partial charge < -0.3 is 15.1 Å². The Morgan fingerprint density at radius 3 is 3.00 bits per heavy atom. The van der Waals surface area contributed by atoms with E-state index in [-0.39, 0.29) is 11.9 Å². The highest BCUT2D eigenvalue weighted by atomic mass is 16.4. The third-order valence-electron chi connectivity index (χ3n) is 4.29. The number of hydrogen-bond donors (Lipinski definition) is 2. The molecule has 1 aromatic heterocycles. The van der Waals surface area contributed by atoms with Gasteiger partial charge in [0, 0.05) is 30.5 Å². The van der Waals surface area contributed by atoms with Crippen LogP contribution >= 0.6 is 0 Å². The number of carbonyl (C=O) groups is 1. The molecular formula is C18H23N3O2. The van der Waals surface area contributed by atoms with Crippen molar-refractivity contribution in [2.24, 2.45) is 0 Å². The lowest BCUT2D eigenvalue weighted by molar-refractivity contribution is -0.122. The van der Waals surface area contributed by atoms with Gasteiger partial charge in [-0.05, 0) is 26.3 Å². The van der Waals surface area contributed by atoms with Crippen molar-refractivity contribution in [1.29, 1.82) is 0 Å². The van der Waals surface area contributed by atoms with Crippen LogP contribution in [-0.2, 0) is 11.2 Å². The molecule has 5 heteroatoms. The Morgan fingerprint density at radius 1 is 1.39 bits per heavy atom. The summed E-state index contributed by atoms with van der Waals surface area (Å²) in [5.41, 5.74) is 0.998. The normalized spacial score (nSPS) is 21.1. The van der Waals surface area contributed by atoms with Crippen LogP contribution in [0.3, 0.4) is 0 Å². The Bertz CT molecular complexity index is 639. The predicted molar refractivity (Wildman–Crippen MR) is 88.9 cm³/mol. The standard InChI is InChI=1S/C18H23N3O2/c1-13-15(8-5-11-19-13)21-17(22)9-10-18-20-12-16(23-18)14-6-3-2-4-7-14/h2-4,6-7,12-13,15,19H,5,8-11H2,1H3,(H,21,22). The summed E-state index contributed by atoms with van der Waals surface area (Å²) in [5, 5.41) is 6.49. The molecule has 2 atom stereocenters. The quantitative estimate of drug-likeness (QED) is 0.890. The summed E-state index contributed by atoms with van der Waals surface area (Å²) in [4.78, 5) is 16.4. The Hall–Kier alpha value is -2.14. The molecule has 1 aromatic carbocycles. The minimum atomic E-state index is 0.0602. The molecule has 0 bridgehead atoms. The molecule has 3 rings (SSSR count). The number of piperidine rings is 1. The molecule has 2 unspecified atom stereocenters. The fourth-order valence-electron chi connectivity index (χ4n) is 2.90. The van der Waals surface area contributed by atoms with E-state index in [2.05, 4.69) is 22.5 Å². The molecule has 1 aliphatic heterocycles.